The second-order valence-corrected chi connectivity index (χ2v) is 7.56. The third-order valence-corrected chi connectivity index (χ3v) is 5.70. The SMILES string of the molecule is CO[C@@H]1C(=O)N(Cc2ccccc2)[C@@H]2CN(Cc3cccc(OC(F)F)c3)C[C@H]12. The zero-order valence-corrected chi connectivity index (χ0v) is 16.2. The number of likely N-dealkylation sites (tertiary alicyclic amines) is 2. The first-order valence-corrected chi connectivity index (χ1v) is 9.68. The summed E-state index contributed by atoms with van der Waals surface area (Å²) in [4.78, 5) is 17.0. The lowest BCUT2D eigenvalue weighted by Crippen LogP contribution is -2.38. The molecule has 2 heterocycles. The fourth-order valence-corrected chi connectivity index (χ4v) is 4.49. The van der Waals surface area contributed by atoms with Gasteiger partial charge in [0.15, 0.2) is 0 Å². The van der Waals surface area contributed by atoms with E-state index >= 15 is 0 Å². The average molecular weight is 402 g/mol. The number of hydrogen-bond acceptors (Lipinski definition) is 4. The van der Waals surface area contributed by atoms with Crippen molar-refractivity contribution in [2.45, 2.75) is 31.8 Å². The van der Waals surface area contributed by atoms with Crippen LogP contribution < -0.4 is 4.74 Å². The van der Waals surface area contributed by atoms with Crippen molar-refractivity contribution in [3.63, 3.8) is 0 Å². The van der Waals surface area contributed by atoms with Crippen LogP contribution in [0.5, 0.6) is 5.75 Å². The van der Waals surface area contributed by atoms with Crippen molar-refractivity contribution in [2.75, 3.05) is 20.2 Å². The van der Waals surface area contributed by atoms with Crippen LogP contribution in [-0.4, -0.2) is 54.7 Å². The number of carbonyl (C=O) groups excluding carboxylic acids is 1. The van der Waals surface area contributed by atoms with E-state index in [0.717, 1.165) is 24.2 Å². The van der Waals surface area contributed by atoms with Gasteiger partial charge in [-0.2, -0.15) is 8.78 Å². The fourth-order valence-electron chi connectivity index (χ4n) is 4.49. The number of halogens is 2. The van der Waals surface area contributed by atoms with Gasteiger partial charge in [-0.15, -0.1) is 0 Å². The molecule has 2 aliphatic heterocycles. The number of alkyl halides is 2. The topological polar surface area (TPSA) is 42.0 Å². The summed E-state index contributed by atoms with van der Waals surface area (Å²) in [5.74, 6) is 0.294. The van der Waals surface area contributed by atoms with Crippen LogP contribution in [-0.2, 0) is 22.6 Å². The van der Waals surface area contributed by atoms with E-state index in [9.17, 15) is 13.6 Å². The third kappa shape index (κ3) is 4.26. The molecular formula is C22H24F2N2O3. The van der Waals surface area contributed by atoms with Gasteiger partial charge >= 0.3 is 6.61 Å². The minimum atomic E-state index is -2.84. The second kappa shape index (κ2) is 8.47. The number of fused-ring (bicyclic) bond motifs is 1. The molecule has 0 N–H and O–H groups in total. The van der Waals surface area contributed by atoms with Crippen LogP contribution >= 0.6 is 0 Å². The van der Waals surface area contributed by atoms with Crippen LogP contribution in [0.1, 0.15) is 11.1 Å². The predicted molar refractivity (Wildman–Crippen MR) is 103 cm³/mol. The summed E-state index contributed by atoms with van der Waals surface area (Å²) in [6, 6.07) is 16.8. The predicted octanol–water partition coefficient (Wildman–Crippen LogP) is 3.15. The fraction of sp³-hybridized carbons (Fsp3) is 0.409. The van der Waals surface area contributed by atoms with Gasteiger partial charge in [0.1, 0.15) is 11.9 Å². The molecule has 4 rings (SSSR count). The Kier molecular flexibility index (Phi) is 5.78. The van der Waals surface area contributed by atoms with Crippen molar-refractivity contribution in [3.8, 4) is 5.75 Å². The largest absolute Gasteiger partial charge is 0.435 e. The number of ether oxygens (including phenoxy) is 2. The summed E-state index contributed by atoms with van der Waals surface area (Å²) in [5, 5.41) is 0. The van der Waals surface area contributed by atoms with Crippen molar-refractivity contribution in [1.29, 1.82) is 0 Å². The van der Waals surface area contributed by atoms with Crippen LogP contribution in [0.2, 0.25) is 0 Å². The van der Waals surface area contributed by atoms with Crippen molar-refractivity contribution in [3.05, 3.63) is 65.7 Å². The second-order valence-electron chi connectivity index (χ2n) is 7.56. The van der Waals surface area contributed by atoms with Gasteiger partial charge < -0.3 is 14.4 Å². The highest BCUT2D eigenvalue weighted by Gasteiger charge is 2.52. The first-order valence-electron chi connectivity index (χ1n) is 9.68. The average Bonchev–Trinajstić information content (AvgIpc) is 3.19. The number of benzene rings is 2. The lowest BCUT2D eigenvalue weighted by Gasteiger charge is -2.25. The minimum absolute atomic E-state index is 0.0401. The molecule has 2 aromatic carbocycles. The van der Waals surface area contributed by atoms with Crippen LogP contribution in [0.15, 0.2) is 54.6 Å². The van der Waals surface area contributed by atoms with Gasteiger partial charge in [0.2, 0.25) is 0 Å². The Balaban J connectivity index is 1.47. The number of rotatable bonds is 7. The Morgan fingerprint density at radius 2 is 1.79 bits per heavy atom. The molecule has 154 valence electrons. The van der Waals surface area contributed by atoms with Gasteiger partial charge in [-0.1, -0.05) is 42.5 Å². The molecule has 0 bridgehead atoms. The zero-order chi connectivity index (χ0) is 20.4. The number of amides is 1. The van der Waals surface area contributed by atoms with E-state index < -0.39 is 12.7 Å². The normalized spacial score (nSPS) is 24.3. The molecule has 2 saturated heterocycles. The lowest BCUT2D eigenvalue weighted by atomic mass is 10.0. The number of hydrogen-bond donors (Lipinski definition) is 0. The third-order valence-electron chi connectivity index (χ3n) is 5.70. The molecule has 29 heavy (non-hydrogen) atoms. The van der Waals surface area contributed by atoms with E-state index in [1.165, 1.54) is 6.07 Å². The van der Waals surface area contributed by atoms with Gasteiger partial charge in [0, 0.05) is 39.2 Å². The Bertz CT molecular complexity index is 849. The first-order chi connectivity index (χ1) is 14.0. The lowest BCUT2D eigenvalue weighted by molar-refractivity contribution is -0.138. The zero-order valence-electron chi connectivity index (χ0n) is 16.2. The number of methoxy groups -OCH3 is 1. The Morgan fingerprint density at radius 1 is 1.03 bits per heavy atom. The van der Waals surface area contributed by atoms with Crippen LogP contribution in [0.25, 0.3) is 0 Å². The molecule has 0 aliphatic carbocycles. The minimum Gasteiger partial charge on any atom is -0.435 e. The summed E-state index contributed by atoms with van der Waals surface area (Å²) in [7, 11) is 1.58. The smallest absolute Gasteiger partial charge is 0.387 e. The first kappa shape index (κ1) is 19.8. The summed E-state index contributed by atoms with van der Waals surface area (Å²) < 4.78 is 35.0. The summed E-state index contributed by atoms with van der Waals surface area (Å²) >= 11 is 0. The van der Waals surface area contributed by atoms with Crippen LogP contribution in [0.4, 0.5) is 8.78 Å². The summed E-state index contributed by atoms with van der Waals surface area (Å²) in [5.41, 5.74) is 1.99. The maximum atomic E-state index is 12.9. The molecule has 7 heteroatoms. The summed E-state index contributed by atoms with van der Waals surface area (Å²) in [6.07, 6.45) is -0.442. The molecule has 0 radical (unpaired) electrons. The highest BCUT2D eigenvalue weighted by atomic mass is 19.3. The van der Waals surface area contributed by atoms with E-state index in [-0.39, 0.29) is 23.6 Å². The highest BCUT2D eigenvalue weighted by molar-refractivity contribution is 5.84. The van der Waals surface area contributed by atoms with Crippen molar-refractivity contribution in [2.24, 2.45) is 5.92 Å². The van der Waals surface area contributed by atoms with E-state index in [2.05, 4.69) is 9.64 Å². The van der Waals surface area contributed by atoms with Gasteiger partial charge in [-0.05, 0) is 23.3 Å². The molecule has 0 unspecified atom stereocenters. The molecule has 3 atom stereocenters. The molecule has 2 aliphatic rings. The molecular weight excluding hydrogens is 378 g/mol. The monoisotopic (exact) mass is 402 g/mol. The van der Waals surface area contributed by atoms with Crippen molar-refractivity contribution >= 4 is 5.91 Å². The van der Waals surface area contributed by atoms with E-state index in [1.807, 2.05) is 41.3 Å². The van der Waals surface area contributed by atoms with E-state index in [0.29, 0.717) is 13.1 Å². The molecule has 2 aromatic rings. The van der Waals surface area contributed by atoms with E-state index in [4.69, 9.17) is 4.74 Å². The molecule has 1 amide bonds. The Morgan fingerprint density at radius 3 is 2.52 bits per heavy atom. The van der Waals surface area contributed by atoms with Gasteiger partial charge in [0.25, 0.3) is 5.91 Å². The Labute approximate surface area is 168 Å². The van der Waals surface area contributed by atoms with Gasteiger partial charge in [0.05, 0.1) is 6.04 Å². The van der Waals surface area contributed by atoms with E-state index in [1.54, 1.807) is 19.2 Å². The molecule has 0 aromatic heterocycles. The molecule has 0 saturated carbocycles. The number of carbonyl (C=O) groups is 1. The van der Waals surface area contributed by atoms with Crippen molar-refractivity contribution in [1.82, 2.24) is 9.80 Å². The highest BCUT2D eigenvalue weighted by Crippen LogP contribution is 2.36. The summed E-state index contributed by atoms with van der Waals surface area (Å²) in [6.45, 7) is -0.219. The molecule has 0 spiro atoms. The van der Waals surface area contributed by atoms with Crippen LogP contribution in [0, 0.1) is 5.92 Å². The molecule has 5 nitrogen and oxygen atoms in total. The van der Waals surface area contributed by atoms with Gasteiger partial charge in [-0.25, -0.2) is 0 Å². The maximum Gasteiger partial charge on any atom is 0.387 e. The standard InChI is InChI=1S/C22H24F2N2O3/c1-28-20-18-13-25(11-16-8-5-9-17(10-16)29-22(23)24)14-19(18)26(21(20)27)12-15-6-3-2-4-7-15/h2-10,18-20,22H,11-14H2,1H3/t18-,19+,20-/m0/s1. The maximum absolute atomic E-state index is 12.9. The Hall–Kier alpha value is -2.51. The quantitative estimate of drug-likeness (QED) is 0.714. The van der Waals surface area contributed by atoms with Gasteiger partial charge in [-0.3, -0.25) is 9.69 Å². The number of nitrogens with zero attached hydrogens (tertiary/aromatic N) is 2. The van der Waals surface area contributed by atoms with Crippen molar-refractivity contribution < 1.29 is 23.0 Å². The van der Waals surface area contributed by atoms with Crippen LogP contribution in [0.3, 0.4) is 0 Å². The molecule has 2 fully saturated rings.